The molecule has 1 aliphatic rings. The largest absolute Gasteiger partial charge is 0.508 e. The maximum absolute atomic E-state index is 12.3. The third-order valence-corrected chi connectivity index (χ3v) is 3.38. The van der Waals surface area contributed by atoms with Crippen LogP contribution in [-0.4, -0.2) is 17.0 Å². The highest BCUT2D eigenvalue weighted by molar-refractivity contribution is 6.09. The van der Waals surface area contributed by atoms with Crippen LogP contribution in [0.1, 0.15) is 11.1 Å². The van der Waals surface area contributed by atoms with Crippen molar-refractivity contribution in [3.8, 4) is 5.75 Å². The Morgan fingerprint density at radius 1 is 0.850 bits per heavy atom. The van der Waals surface area contributed by atoms with E-state index in [0.717, 1.165) is 0 Å². The van der Waals surface area contributed by atoms with E-state index in [4.69, 9.17) is 0 Å². The van der Waals surface area contributed by atoms with E-state index in [1.54, 1.807) is 36.4 Å². The molecule has 3 N–H and O–H groups in total. The van der Waals surface area contributed by atoms with Gasteiger partial charge in [0.1, 0.15) is 5.75 Å². The first-order chi connectivity index (χ1) is 9.63. The number of phenolic OH excluding ortho intramolecular Hbond substituents is 1. The molecule has 100 valence electrons. The Bertz CT molecular complexity index is 667. The average molecular weight is 268 g/mol. The van der Waals surface area contributed by atoms with Crippen molar-refractivity contribution in [2.75, 3.05) is 0 Å². The molecule has 0 saturated carbocycles. The zero-order valence-electron chi connectivity index (χ0n) is 10.5. The number of nitrogens with one attached hydrogen (secondary N) is 2. The minimum atomic E-state index is -1.26. The molecule has 1 heterocycles. The number of amides is 3. The van der Waals surface area contributed by atoms with Crippen LogP contribution in [0.3, 0.4) is 0 Å². The standard InChI is InChI=1S/C15H12N2O3/c18-12-8-6-11(7-9-12)15(10-4-2-1-3-5-10)13(19)16-14(20)17-15/h1-9,18H,(H2,16,17,19,20)/t15-/m1/s1. The summed E-state index contributed by atoms with van der Waals surface area (Å²) < 4.78 is 0. The van der Waals surface area contributed by atoms with Crippen molar-refractivity contribution in [3.05, 3.63) is 65.7 Å². The lowest BCUT2D eigenvalue weighted by Crippen LogP contribution is -2.44. The second-order valence-electron chi connectivity index (χ2n) is 4.57. The van der Waals surface area contributed by atoms with Crippen molar-refractivity contribution in [2.24, 2.45) is 0 Å². The van der Waals surface area contributed by atoms with Gasteiger partial charge in [-0.1, -0.05) is 42.5 Å². The number of hydrogen-bond acceptors (Lipinski definition) is 3. The molecule has 2 aromatic carbocycles. The number of urea groups is 1. The number of imide groups is 1. The van der Waals surface area contributed by atoms with Crippen molar-refractivity contribution < 1.29 is 14.7 Å². The van der Waals surface area contributed by atoms with Gasteiger partial charge < -0.3 is 10.4 Å². The molecule has 1 saturated heterocycles. The molecule has 5 heteroatoms. The van der Waals surface area contributed by atoms with Crippen LogP contribution in [0, 0.1) is 0 Å². The lowest BCUT2D eigenvalue weighted by Gasteiger charge is -2.27. The number of carbonyl (C=O) groups excluding carboxylic acids is 2. The lowest BCUT2D eigenvalue weighted by molar-refractivity contribution is -0.122. The summed E-state index contributed by atoms with van der Waals surface area (Å²) in [5.74, 6) is -0.332. The van der Waals surface area contributed by atoms with E-state index >= 15 is 0 Å². The predicted octanol–water partition coefficient (Wildman–Crippen LogP) is 1.48. The first kappa shape index (κ1) is 12.2. The highest BCUT2D eigenvalue weighted by Crippen LogP contribution is 2.33. The van der Waals surface area contributed by atoms with Gasteiger partial charge in [-0.3, -0.25) is 10.1 Å². The number of benzene rings is 2. The van der Waals surface area contributed by atoms with Crippen LogP contribution in [0.2, 0.25) is 0 Å². The van der Waals surface area contributed by atoms with E-state index in [1.165, 1.54) is 12.1 Å². The third-order valence-electron chi connectivity index (χ3n) is 3.38. The van der Waals surface area contributed by atoms with E-state index < -0.39 is 17.5 Å². The Labute approximate surface area is 115 Å². The molecule has 1 atom stereocenters. The second-order valence-corrected chi connectivity index (χ2v) is 4.57. The lowest BCUT2D eigenvalue weighted by atomic mass is 9.83. The van der Waals surface area contributed by atoms with Crippen molar-refractivity contribution in [1.29, 1.82) is 0 Å². The molecule has 0 radical (unpaired) electrons. The molecule has 3 amide bonds. The van der Waals surface area contributed by atoms with Gasteiger partial charge >= 0.3 is 6.03 Å². The summed E-state index contributed by atoms with van der Waals surface area (Å²) in [7, 11) is 0. The van der Waals surface area contributed by atoms with Crippen LogP contribution < -0.4 is 10.6 Å². The molecular weight excluding hydrogens is 256 g/mol. The number of carbonyl (C=O) groups is 2. The Kier molecular flexibility index (Phi) is 2.68. The molecule has 2 aromatic rings. The zero-order chi connectivity index (χ0) is 14.2. The van der Waals surface area contributed by atoms with Crippen LogP contribution in [0.15, 0.2) is 54.6 Å². The summed E-state index contributed by atoms with van der Waals surface area (Å²) in [6.45, 7) is 0. The van der Waals surface area contributed by atoms with Gasteiger partial charge in [0.05, 0.1) is 0 Å². The summed E-state index contributed by atoms with van der Waals surface area (Å²) in [6, 6.07) is 14.7. The highest BCUT2D eigenvalue weighted by atomic mass is 16.3. The minimum Gasteiger partial charge on any atom is -0.508 e. The summed E-state index contributed by atoms with van der Waals surface area (Å²) in [6.07, 6.45) is 0. The molecule has 5 nitrogen and oxygen atoms in total. The third kappa shape index (κ3) is 1.72. The maximum Gasteiger partial charge on any atom is 0.322 e. The van der Waals surface area contributed by atoms with Gasteiger partial charge in [0.2, 0.25) is 0 Å². The van der Waals surface area contributed by atoms with E-state index in [1.807, 2.05) is 6.07 Å². The number of aromatic hydroxyl groups is 1. The monoisotopic (exact) mass is 268 g/mol. The number of hydrogen-bond donors (Lipinski definition) is 3. The molecule has 0 aliphatic carbocycles. The van der Waals surface area contributed by atoms with Crippen molar-refractivity contribution in [2.45, 2.75) is 5.54 Å². The summed E-state index contributed by atoms with van der Waals surface area (Å²) in [4.78, 5) is 23.9. The second kappa shape index (κ2) is 4.38. The smallest absolute Gasteiger partial charge is 0.322 e. The maximum atomic E-state index is 12.3. The van der Waals surface area contributed by atoms with Crippen LogP contribution in [0.4, 0.5) is 4.79 Å². The SMILES string of the molecule is O=C1NC(=O)[C@@](c2ccccc2)(c2ccc(O)cc2)N1. The Morgan fingerprint density at radius 2 is 1.45 bits per heavy atom. The van der Waals surface area contributed by atoms with Gasteiger partial charge in [-0.05, 0) is 23.3 Å². The fourth-order valence-electron chi connectivity index (χ4n) is 2.43. The number of phenols is 1. The van der Waals surface area contributed by atoms with Crippen LogP contribution >= 0.6 is 0 Å². The van der Waals surface area contributed by atoms with Gasteiger partial charge in [-0.2, -0.15) is 0 Å². The molecule has 1 aliphatic heterocycles. The molecule has 0 spiro atoms. The van der Waals surface area contributed by atoms with Gasteiger partial charge in [0.25, 0.3) is 5.91 Å². The first-order valence-corrected chi connectivity index (χ1v) is 6.11. The Hall–Kier alpha value is -2.82. The predicted molar refractivity (Wildman–Crippen MR) is 72.0 cm³/mol. The van der Waals surface area contributed by atoms with Crippen LogP contribution in [0.25, 0.3) is 0 Å². The van der Waals surface area contributed by atoms with Gasteiger partial charge in [0, 0.05) is 0 Å². The van der Waals surface area contributed by atoms with Crippen molar-refractivity contribution >= 4 is 11.9 Å². The average Bonchev–Trinajstić information content (AvgIpc) is 2.76. The Balaban J connectivity index is 2.21. The minimum absolute atomic E-state index is 0.0988. The summed E-state index contributed by atoms with van der Waals surface area (Å²) in [5, 5.41) is 14.3. The van der Waals surface area contributed by atoms with E-state index in [0.29, 0.717) is 11.1 Å². The van der Waals surface area contributed by atoms with Gasteiger partial charge in [-0.25, -0.2) is 4.79 Å². The summed E-state index contributed by atoms with van der Waals surface area (Å²) in [5.41, 5.74) is -0.00892. The molecule has 3 rings (SSSR count). The van der Waals surface area contributed by atoms with Gasteiger partial charge in [0.15, 0.2) is 5.54 Å². The Morgan fingerprint density at radius 3 is 2.00 bits per heavy atom. The fourth-order valence-corrected chi connectivity index (χ4v) is 2.43. The van der Waals surface area contributed by atoms with Gasteiger partial charge in [-0.15, -0.1) is 0 Å². The molecule has 1 fully saturated rings. The fraction of sp³-hybridized carbons (Fsp3) is 0.0667. The molecular formula is C15H12N2O3. The summed E-state index contributed by atoms with van der Waals surface area (Å²) >= 11 is 0. The van der Waals surface area contributed by atoms with Crippen LogP contribution in [0.5, 0.6) is 5.75 Å². The number of rotatable bonds is 2. The van der Waals surface area contributed by atoms with Crippen molar-refractivity contribution in [1.82, 2.24) is 10.6 Å². The van der Waals surface area contributed by atoms with Crippen LogP contribution in [-0.2, 0) is 10.3 Å². The van der Waals surface area contributed by atoms with Crippen molar-refractivity contribution in [3.63, 3.8) is 0 Å². The molecule has 0 unspecified atom stereocenters. The van der Waals surface area contributed by atoms with E-state index in [-0.39, 0.29) is 5.75 Å². The topological polar surface area (TPSA) is 78.4 Å². The molecule has 0 aromatic heterocycles. The normalized spacial score (nSPS) is 21.4. The first-order valence-electron chi connectivity index (χ1n) is 6.11. The van der Waals surface area contributed by atoms with E-state index in [2.05, 4.69) is 10.6 Å². The molecule has 20 heavy (non-hydrogen) atoms. The quantitative estimate of drug-likeness (QED) is 0.722. The molecule has 0 bridgehead atoms. The van der Waals surface area contributed by atoms with E-state index in [9.17, 15) is 14.7 Å². The zero-order valence-corrected chi connectivity index (χ0v) is 10.5. The highest BCUT2D eigenvalue weighted by Gasteiger charge is 2.49.